The van der Waals surface area contributed by atoms with Crippen molar-refractivity contribution in [1.82, 2.24) is 5.32 Å². The summed E-state index contributed by atoms with van der Waals surface area (Å²) in [6.07, 6.45) is -8.18. The van der Waals surface area contributed by atoms with Gasteiger partial charge in [0.25, 0.3) is 11.7 Å². The third kappa shape index (κ3) is 5.72. The summed E-state index contributed by atoms with van der Waals surface area (Å²) >= 11 is 0. The molecule has 0 radical (unpaired) electrons. The van der Waals surface area contributed by atoms with Gasteiger partial charge < -0.3 is 40.1 Å². The fraction of sp³-hybridized carbons (Fsp3) is 0.314. The molecule has 7 rings (SSSR count). The molecule has 1 unspecified atom stereocenters. The molecule has 3 heterocycles. The summed E-state index contributed by atoms with van der Waals surface area (Å²) in [7, 11) is 0. The van der Waals surface area contributed by atoms with Crippen LogP contribution in [-0.2, 0) is 9.53 Å². The Morgan fingerprint density at radius 2 is 1.65 bits per heavy atom. The van der Waals surface area contributed by atoms with E-state index >= 15 is 0 Å². The number of rotatable bonds is 9. The Balaban J connectivity index is 1.42. The van der Waals surface area contributed by atoms with Gasteiger partial charge in [-0.3, -0.25) is 25.1 Å². The summed E-state index contributed by atoms with van der Waals surface area (Å²) in [6, 6.07) is 14.5. The number of benzene rings is 3. The minimum atomic E-state index is -1.89. The second-order valence-electron chi connectivity index (χ2n) is 12.5. The molecule has 1 fully saturated rings. The molecule has 1 saturated heterocycles. The normalized spacial score (nSPS) is 26.1. The lowest BCUT2D eigenvalue weighted by Crippen LogP contribution is -3.09. The molecule has 3 aromatic carbocycles. The van der Waals surface area contributed by atoms with E-state index in [2.05, 4.69) is 15.3 Å². The zero-order valence-corrected chi connectivity index (χ0v) is 26.8. The van der Waals surface area contributed by atoms with E-state index in [9.17, 15) is 45.0 Å². The van der Waals surface area contributed by atoms with Gasteiger partial charge in [-0.1, -0.05) is 42.5 Å². The number of guanidine groups is 1. The molecule has 0 bridgehead atoms. The van der Waals surface area contributed by atoms with Gasteiger partial charge in [-0.2, -0.15) is 4.99 Å². The quantitative estimate of drug-likeness (QED) is 0.0986. The lowest BCUT2D eigenvalue weighted by Gasteiger charge is -2.40. The number of amidine groups is 1. The van der Waals surface area contributed by atoms with Gasteiger partial charge in [0.15, 0.2) is 29.7 Å². The largest absolute Gasteiger partial charge is 0.504 e. The molecule has 4 aliphatic rings. The molecule has 0 spiro atoms. The Morgan fingerprint density at radius 1 is 0.941 bits per heavy atom. The maximum Gasteiger partial charge on any atom is 0.284 e. The average molecular weight is 701 g/mol. The Kier molecular flexibility index (Phi) is 9.07. The molecule has 16 heteroatoms. The molecule has 3 aromatic rings. The van der Waals surface area contributed by atoms with Crippen molar-refractivity contribution in [3.05, 3.63) is 88.0 Å². The van der Waals surface area contributed by atoms with Crippen LogP contribution in [0.2, 0.25) is 0 Å². The van der Waals surface area contributed by atoms with Crippen molar-refractivity contribution in [2.24, 2.45) is 9.98 Å². The van der Waals surface area contributed by atoms with Crippen molar-refractivity contribution in [2.75, 3.05) is 19.9 Å². The van der Waals surface area contributed by atoms with Crippen LogP contribution in [0.3, 0.4) is 0 Å². The molecule has 0 saturated carbocycles. The van der Waals surface area contributed by atoms with Gasteiger partial charge in [0.05, 0.1) is 12.2 Å². The highest BCUT2D eigenvalue weighted by Gasteiger charge is 2.47. The van der Waals surface area contributed by atoms with E-state index in [4.69, 9.17) is 14.9 Å². The number of phenolic OH excluding ortho intramolecular Hbond substituents is 1. The van der Waals surface area contributed by atoms with E-state index < -0.39 is 66.5 Å². The number of para-hydroxylation sites is 1. The number of hydrogen-bond acceptors (Lipinski definition) is 13. The topological polar surface area (TPSA) is 256 Å². The number of aliphatic hydroxyl groups excluding tert-OH is 5. The first-order valence-electron chi connectivity index (χ1n) is 16.2. The minimum Gasteiger partial charge on any atom is -0.504 e. The Hall–Kier alpha value is -5.20. The molecule has 3 aliphatic heterocycles. The molecule has 9 N–H and O–H groups in total. The summed E-state index contributed by atoms with van der Waals surface area (Å²) in [5.74, 6) is -3.90. The monoisotopic (exact) mass is 700 g/mol. The van der Waals surface area contributed by atoms with Crippen LogP contribution in [0.15, 0.2) is 64.6 Å². The number of carbonyl (C=O) groups excluding carboxylic acids is 3. The second-order valence-corrected chi connectivity index (χ2v) is 12.5. The predicted octanol–water partition coefficient (Wildman–Crippen LogP) is -1.36. The fourth-order valence-corrected chi connectivity index (χ4v) is 7.02. The molecule has 0 aromatic heterocycles. The summed E-state index contributed by atoms with van der Waals surface area (Å²) in [5.41, 5.74) is 1.01. The fourth-order valence-electron chi connectivity index (χ4n) is 7.02. The predicted molar refractivity (Wildman–Crippen MR) is 177 cm³/mol. The number of carbonyl (C=O) groups is 3. The Labute approximate surface area is 289 Å². The van der Waals surface area contributed by atoms with Crippen LogP contribution in [0.5, 0.6) is 11.5 Å². The van der Waals surface area contributed by atoms with Gasteiger partial charge in [0, 0.05) is 40.3 Å². The van der Waals surface area contributed by atoms with Gasteiger partial charge in [-0.15, -0.1) is 0 Å². The van der Waals surface area contributed by atoms with Crippen molar-refractivity contribution in [3.8, 4) is 11.5 Å². The lowest BCUT2D eigenvalue weighted by molar-refractivity contribution is -0.723. The number of hydrogen-bond donors (Lipinski definition) is 9. The van der Waals surface area contributed by atoms with Crippen molar-refractivity contribution < 1.29 is 59.4 Å². The first-order valence-corrected chi connectivity index (χ1v) is 16.2. The van der Waals surface area contributed by atoms with Gasteiger partial charge in [0.1, 0.15) is 30.1 Å². The Morgan fingerprint density at radius 3 is 2.37 bits per heavy atom. The minimum absolute atomic E-state index is 0.0477. The number of nitrogens with zero attached hydrogens (tertiary/aromatic N) is 2. The number of aromatic hydroxyl groups is 1. The number of fused-ring (bicyclic) bond motifs is 3. The number of phenols is 1. The smallest absolute Gasteiger partial charge is 0.284 e. The van der Waals surface area contributed by atoms with Crippen molar-refractivity contribution in [2.45, 2.75) is 49.5 Å². The van der Waals surface area contributed by atoms with E-state index in [-0.39, 0.29) is 77.2 Å². The molecule has 51 heavy (non-hydrogen) atoms. The van der Waals surface area contributed by atoms with E-state index in [1.165, 1.54) is 18.2 Å². The van der Waals surface area contributed by atoms with E-state index in [0.717, 1.165) is 0 Å². The molecule has 16 nitrogen and oxygen atoms in total. The second kappa shape index (κ2) is 13.5. The van der Waals surface area contributed by atoms with Crippen LogP contribution < -0.4 is 15.0 Å². The molecular weight excluding hydrogens is 666 g/mol. The number of ketones is 2. The Bertz CT molecular complexity index is 2030. The summed E-state index contributed by atoms with van der Waals surface area (Å²) in [5, 5.41) is 73.9. The molecular formula is C35H34N5O11+. The highest BCUT2D eigenvalue weighted by atomic mass is 16.7. The highest BCUT2D eigenvalue weighted by molar-refractivity contribution is 6.68. The van der Waals surface area contributed by atoms with Crippen molar-refractivity contribution in [1.29, 1.82) is 5.41 Å². The average Bonchev–Trinajstić information content (AvgIpc) is 3.56. The van der Waals surface area contributed by atoms with Crippen LogP contribution in [-0.4, -0.2) is 116 Å². The summed E-state index contributed by atoms with van der Waals surface area (Å²) in [6.45, 7) is -0.963. The maximum absolute atomic E-state index is 14.0. The van der Waals surface area contributed by atoms with Gasteiger partial charge in [-0.05, 0) is 25.0 Å². The van der Waals surface area contributed by atoms with Crippen LogP contribution in [0.4, 0.5) is 5.69 Å². The summed E-state index contributed by atoms with van der Waals surface area (Å²) in [4.78, 5) is 49.5. The lowest BCUT2D eigenvalue weighted by atomic mass is 9.78. The van der Waals surface area contributed by atoms with Crippen molar-refractivity contribution in [3.63, 3.8) is 0 Å². The van der Waals surface area contributed by atoms with Gasteiger partial charge in [0.2, 0.25) is 18.0 Å². The molecule has 7 atom stereocenters. The number of aliphatic hydroxyl groups is 5. The van der Waals surface area contributed by atoms with Crippen LogP contribution in [0.25, 0.3) is 0 Å². The third-order valence-corrected chi connectivity index (χ3v) is 9.52. The number of nitrogens with one attached hydrogen (secondary N) is 3. The highest BCUT2D eigenvalue weighted by Crippen LogP contribution is 2.48. The van der Waals surface area contributed by atoms with E-state index in [1.807, 2.05) is 0 Å². The van der Waals surface area contributed by atoms with Crippen LogP contribution in [0.1, 0.15) is 61.7 Å². The van der Waals surface area contributed by atoms with Gasteiger partial charge in [-0.25, -0.2) is 9.89 Å². The van der Waals surface area contributed by atoms with Crippen molar-refractivity contribution >= 4 is 40.7 Å². The molecule has 1 amide bonds. The summed E-state index contributed by atoms with van der Waals surface area (Å²) < 4.78 is 11.7. The number of amides is 1. The molecule has 1 aliphatic carbocycles. The zero-order chi connectivity index (χ0) is 36.1. The third-order valence-electron chi connectivity index (χ3n) is 9.52. The SMILES string of the molecule is N=C1N=C2C(=NC[NH+]2c2ccccc2[C@H](CCCO)c2cc3c(c(O)c2O[C@H]2O[C@@H](CO)[C@H](O)[C@@H](O)[C@@H]2O)C(=O)c2ccccc2C3=O)C(=O)N1. The first-order chi connectivity index (χ1) is 24.5. The van der Waals surface area contributed by atoms with Crippen LogP contribution in [0, 0.1) is 5.41 Å². The maximum atomic E-state index is 14.0. The zero-order valence-electron chi connectivity index (χ0n) is 26.8. The number of aliphatic imine (C=N–C) groups is 2. The van der Waals surface area contributed by atoms with E-state index in [1.54, 1.807) is 36.4 Å². The standard InChI is InChI=1S/C35H33N5O11/c36-35-38-32-24(33(49)39-35)37-14-40(32)21-10-4-3-6-16(21)15(9-5-11-41)19-12-20-23(26(44)18-8-2-1-7-17(18)25(20)43)28(46)31(19)51-34-30(48)29(47)27(45)22(13-42)50-34/h1-4,6-8,10,12,15,22,27,29-30,34,41-42,45-48H,5,9,11,13-14H2,(H2,36,39,49)/p+1/t15-,22-,27-,29+,30-,34+/m0/s1. The van der Waals surface area contributed by atoms with E-state index in [0.29, 0.717) is 16.2 Å². The van der Waals surface area contributed by atoms with Crippen LogP contribution >= 0.6 is 0 Å². The number of quaternary nitrogens is 1. The first kappa shape index (κ1) is 34.3. The van der Waals surface area contributed by atoms with Gasteiger partial charge >= 0.3 is 0 Å². The molecule has 264 valence electrons. The number of ether oxygens (including phenoxy) is 2.